The van der Waals surface area contributed by atoms with Gasteiger partial charge in [0.15, 0.2) is 0 Å². The maximum atomic E-state index is 12.4. The summed E-state index contributed by atoms with van der Waals surface area (Å²) in [5.41, 5.74) is -1.50. The molecule has 0 aliphatic heterocycles. The predicted molar refractivity (Wildman–Crippen MR) is 33.4 cm³/mol. The van der Waals surface area contributed by atoms with Crippen molar-refractivity contribution in [2.45, 2.75) is 0 Å². The average Bonchev–Trinajstić information content (AvgIpc) is 1.82. The Morgan fingerprint density at radius 1 is 1.10 bits per heavy atom. The van der Waals surface area contributed by atoms with Crippen molar-refractivity contribution in [1.82, 2.24) is 0 Å². The molecule has 5 heteroatoms. The van der Waals surface area contributed by atoms with Crippen LogP contribution >= 0.6 is 0 Å². The lowest BCUT2D eigenvalue weighted by Crippen LogP contribution is -2.07. The van der Waals surface area contributed by atoms with E-state index >= 15 is 0 Å². The predicted octanol–water partition coefficient (Wildman–Crippen LogP) is 1.06. The standard InChI is InChI=1S/C5H2F3Si2/c6-3-1-4(7)10(9)5(8)2-3/h1-2H. The minimum absolute atomic E-state index is 0.685. The van der Waals surface area contributed by atoms with Crippen LogP contribution in [-0.4, -0.2) is 17.7 Å². The fraction of sp³-hybridized carbons (Fsp3) is 0. The third kappa shape index (κ3) is 1.35. The van der Waals surface area contributed by atoms with Gasteiger partial charge in [-0.05, 0) is 0 Å². The zero-order valence-electron chi connectivity index (χ0n) is 4.79. The summed E-state index contributed by atoms with van der Waals surface area (Å²) in [6.07, 6.45) is 0. The van der Waals surface area contributed by atoms with Gasteiger partial charge in [0.1, 0.15) is 24.6 Å². The van der Waals surface area contributed by atoms with Crippen molar-refractivity contribution in [2.24, 2.45) is 0 Å². The summed E-state index contributed by atoms with van der Waals surface area (Å²) >= 11 is 0. The highest BCUT2D eigenvalue weighted by Crippen LogP contribution is 2.03. The Morgan fingerprint density at radius 3 is 1.90 bits per heavy atom. The molecule has 0 aliphatic rings. The average molecular weight is 175 g/mol. The molecule has 0 unspecified atom stereocenters. The SMILES string of the molecule is Fc1cc(F)[si]([Si])c(F)c1. The molecule has 0 aliphatic carbocycles. The molecule has 0 bridgehead atoms. The molecule has 1 aromatic heterocycles. The van der Waals surface area contributed by atoms with Crippen LogP contribution in [0.5, 0.6) is 0 Å². The Morgan fingerprint density at radius 2 is 1.50 bits per heavy atom. The molecule has 0 aromatic carbocycles. The number of hydrogen-bond acceptors (Lipinski definition) is 0. The second-order valence-corrected chi connectivity index (χ2v) is 4.95. The smallest absolute Gasteiger partial charge is 0.128 e. The minimum atomic E-state index is -2.05. The summed E-state index contributed by atoms with van der Waals surface area (Å²) in [5.74, 6) is -0.873. The van der Waals surface area contributed by atoms with Gasteiger partial charge in [-0.1, -0.05) is 0 Å². The summed E-state index contributed by atoms with van der Waals surface area (Å²) in [6, 6.07) is 1.37. The van der Waals surface area contributed by atoms with Crippen LogP contribution in [0.4, 0.5) is 13.2 Å². The first-order chi connectivity index (χ1) is 4.61. The van der Waals surface area contributed by atoms with Crippen molar-refractivity contribution in [1.29, 1.82) is 0 Å². The van der Waals surface area contributed by atoms with E-state index < -0.39 is 24.6 Å². The van der Waals surface area contributed by atoms with E-state index in [0.717, 1.165) is 0 Å². The Hall–Kier alpha value is -0.426. The highest BCUT2D eigenvalue weighted by Gasteiger charge is 2.06. The Bertz CT molecular complexity index is 238. The molecule has 0 N–H and O–H groups in total. The van der Waals surface area contributed by atoms with Gasteiger partial charge in [0.25, 0.3) is 0 Å². The van der Waals surface area contributed by atoms with Crippen molar-refractivity contribution in [3.63, 3.8) is 0 Å². The quantitative estimate of drug-likeness (QED) is 0.517. The van der Waals surface area contributed by atoms with Gasteiger partial charge in [-0.3, -0.25) is 0 Å². The molecule has 0 spiro atoms. The van der Waals surface area contributed by atoms with Crippen molar-refractivity contribution in [2.75, 3.05) is 0 Å². The first-order valence-corrected chi connectivity index (χ1v) is 5.47. The first kappa shape index (κ1) is 7.68. The van der Waals surface area contributed by atoms with Gasteiger partial charge in [0, 0.05) is 12.1 Å². The molecule has 0 saturated heterocycles. The van der Waals surface area contributed by atoms with Gasteiger partial charge in [0.05, 0.1) is 9.76 Å². The normalized spacial score (nSPS) is 10.0. The summed E-state index contributed by atoms with van der Waals surface area (Å²) in [7, 11) is 0.784. The largest absolute Gasteiger partial charge is 0.213 e. The van der Waals surface area contributed by atoms with Crippen molar-refractivity contribution in [3.05, 3.63) is 28.8 Å². The van der Waals surface area contributed by atoms with E-state index in [4.69, 9.17) is 0 Å². The van der Waals surface area contributed by atoms with Crippen molar-refractivity contribution >= 4 is 17.7 Å². The van der Waals surface area contributed by atoms with Crippen LogP contribution in [0.25, 0.3) is 0 Å². The zero-order valence-corrected chi connectivity index (χ0v) is 6.79. The van der Waals surface area contributed by atoms with Gasteiger partial charge in [0.2, 0.25) is 0 Å². The molecule has 0 amide bonds. The topological polar surface area (TPSA) is 0 Å². The van der Waals surface area contributed by atoms with E-state index in [1.807, 2.05) is 0 Å². The van der Waals surface area contributed by atoms with Crippen LogP contribution in [-0.2, 0) is 0 Å². The molecule has 0 nitrogen and oxygen atoms in total. The van der Waals surface area contributed by atoms with Crippen LogP contribution in [0, 0.1) is 16.7 Å². The second-order valence-electron chi connectivity index (χ2n) is 1.74. The van der Waals surface area contributed by atoms with Gasteiger partial charge >= 0.3 is 0 Å². The maximum absolute atomic E-state index is 12.4. The van der Waals surface area contributed by atoms with Crippen LogP contribution in [0.1, 0.15) is 0 Å². The van der Waals surface area contributed by atoms with Crippen LogP contribution in [0.3, 0.4) is 0 Å². The third-order valence-electron chi connectivity index (χ3n) is 1.01. The first-order valence-electron chi connectivity index (χ1n) is 2.47. The molecule has 1 aromatic rings. The molecular weight excluding hydrogens is 173 g/mol. The third-order valence-corrected chi connectivity index (χ3v) is 3.68. The lowest BCUT2D eigenvalue weighted by molar-refractivity contribution is 0.570. The monoisotopic (exact) mass is 175 g/mol. The highest BCUT2D eigenvalue weighted by molar-refractivity contribution is 6.97. The Labute approximate surface area is 60.4 Å². The summed E-state index contributed by atoms with van der Waals surface area (Å²) < 4.78 is 36.9. The minimum Gasteiger partial charge on any atom is -0.213 e. The Balaban J connectivity index is 3.31. The van der Waals surface area contributed by atoms with E-state index in [-0.39, 0.29) is 0 Å². The second kappa shape index (κ2) is 2.67. The van der Waals surface area contributed by atoms with Gasteiger partial charge in [-0.2, -0.15) is 0 Å². The molecular formula is C5H2F3Si2. The summed E-state index contributed by atoms with van der Waals surface area (Å²) in [4.78, 5) is 0. The van der Waals surface area contributed by atoms with E-state index in [1.54, 1.807) is 0 Å². The number of hydrogen-bond donors (Lipinski definition) is 0. The van der Waals surface area contributed by atoms with Gasteiger partial charge in [-0.15, -0.1) is 0 Å². The van der Waals surface area contributed by atoms with E-state index in [2.05, 4.69) is 9.76 Å². The number of rotatable bonds is 0. The molecule has 0 fully saturated rings. The zero-order chi connectivity index (χ0) is 7.72. The van der Waals surface area contributed by atoms with E-state index in [9.17, 15) is 13.2 Å². The lowest BCUT2D eigenvalue weighted by Gasteiger charge is -1.95. The molecule has 1 rings (SSSR count). The van der Waals surface area contributed by atoms with Crippen LogP contribution < -0.4 is 0 Å². The molecule has 51 valence electrons. The maximum Gasteiger partial charge on any atom is 0.128 e. The van der Waals surface area contributed by atoms with Crippen molar-refractivity contribution < 1.29 is 13.2 Å². The van der Waals surface area contributed by atoms with Gasteiger partial charge < -0.3 is 0 Å². The fourth-order valence-corrected chi connectivity index (χ4v) is 1.77. The number of halogens is 3. The fourth-order valence-electron chi connectivity index (χ4n) is 0.542. The van der Waals surface area contributed by atoms with Crippen LogP contribution in [0.2, 0.25) is 0 Å². The molecule has 0 atom stereocenters. The molecule has 0 saturated carbocycles. The van der Waals surface area contributed by atoms with Gasteiger partial charge in [-0.25, -0.2) is 13.2 Å². The van der Waals surface area contributed by atoms with Crippen molar-refractivity contribution in [3.8, 4) is 0 Å². The Kier molecular flexibility index (Phi) is 2.05. The molecule has 1 heterocycles. The van der Waals surface area contributed by atoms with E-state index in [0.29, 0.717) is 12.1 Å². The molecule has 3 radical (unpaired) electrons. The van der Waals surface area contributed by atoms with Crippen LogP contribution in [0.15, 0.2) is 12.1 Å². The summed E-state index contributed by atoms with van der Waals surface area (Å²) in [5, 5.41) is 0. The lowest BCUT2D eigenvalue weighted by atomic mass is 10.5. The molecule has 10 heavy (non-hydrogen) atoms. The summed E-state index contributed by atoms with van der Waals surface area (Å²) in [6.45, 7) is 0. The highest BCUT2D eigenvalue weighted by atomic mass is 29.1. The van der Waals surface area contributed by atoms with E-state index in [1.165, 1.54) is 0 Å².